The molecule has 8 nitrogen and oxygen atoms in total. The van der Waals surface area contributed by atoms with Crippen LogP contribution in [0.3, 0.4) is 0 Å². The Morgan fingerprint density at radius 2 is 1.14 bits per heavy atom. The Morgan fingerprint density at radius 1 is 0.818 bits per heavy atom. The van der Waals surface area contributed by atoms with Crippen molar-refractivity contribution in [1.29, 1.82) is 0 Å². The van der Waals surface area contributed by atoms with Gasteiger partial charge in [0.15, 0.2) is 0 Å². The predicted octanol–water partition coefficient (Wildman–Crippen LogP) is -0.185. The minimum atomic E-state index is -0.465. The number of epoxide rings is 2. The molecule has 0 radical (unpaired) electrons. The van der Waals surface area contributed by atoms with Crippen LogP contribution in [-0.2, 0) is 38.1 Å². The van der Waals surface area contributed by atoms with Gasteiger partial charge in [-0.3, -0.25) is 19.2 Å². The first kappa shape index (κ1) is 18.2. The number of ether oxygens (including phenoxy) is 4. The molecule has 2 atom stereocenters. The molecule has 2 heterocycles. The zero-order valence-corrected chi connectivity index (χ0v) is 12.7. The van der Waals surface area contributed by atoms with E-state index in [1.54, 1.807) is 0 Å². The van der Waals surface area contributed by atoms with Crippen LogP contribution < -0.4 is 0 Å². The summed E-state index contributed by atoms with van der Waals surface area (Å²) in [4.78, 5) is 42.1. The molecular weight excluding hydrogens is 296 g/mol. The molecule has 0 spiro atoms. The van der Waals surface area contributed by atoms with Gasteiger partial charge >= 0.3 is 11.9 Å². The summed E-state index contributed by atoms with van der Waals surface area (Å²) in [6.07, 6.45) is -0.115. The summed E-state index contributed by atoms with van der Waals surface area (Å²) in [7, 11) is 0. The summed E-state index contributed by atoms with van der Waals surface area (Å²) >= 11 is 0. The van der Waals surface area contributed by atoms with Crippen LogP contribution >= 0.6 is 0 Å². The normalized spacial score (nSPS) is 21.0. The highest BCUT2D eigenvalue weighted by Gasteiger charge is 2.24. The van der Waals surface area contributed by atoms with Gasteiger partial charge in [-0.25, -0.2) is 0 Å². The van der Waals surface area contributed by atoms with E-state index < -0.39 is 11.9 Å². The molecule has 2 unspecified atom stereocenters. The predicted molar refractivity (Wildman–Crippen MR) is 72.0 cm³/mol. The van der Waals surface area contributed by atoms with Crippen molar-refractivity contribution in [2.45, 2.75) is 38.9 Å². The van der Waals surface area contributed by atoms with Gasteiger partial charge in [-0.15, -0.1) is 0 Å². The lowest BCUT2D eigenvalue weighted by atomic mass is 10.3. The first-order valence-electron chi connectivity index (χ1n) is 6.90. The van der Waals surface area contributed by atoms with E-state index in [1.807, 2.05) is 0 Å². The van der Waals surface area contributed by atoms with Crippen molar-refractivity contribution in [2.75, 3.05) is 26.4 Å². The van der Waals surface area contributed by atoms with Crippen molar-refractivity contribution in [1.82, 2.24) is 0 Å². The van der Waals surface area contributed by atoms with Gasteiger partial charge in [0.1, 0.15) is 49.8 Å². The number of hydrogen-bond acceptors (Lipinski definition) is 8. The van der Waals surface area contributed by atoms with Gasteiger partial charge in [0, 0.05) is 0 Å². The molecule has 2 aliphatic rings. The highest BCUT2D eigenvalue weighted by molar-refractivity contribution is 5.94. The van der Waals surface area contributed by atoms with Crippen molar-refractivity contribution in [3.63, 3.8) is 0 Å². The molecule has 0 aromatic rings. The van der Waals surface area contributed by atoms with Crippen LogP contribution in [0.4, 0.5) is 0 Å². The van der Waals surface area contributed by atoms with Crippen molar-refractivity contribution >= 4 is 23.5 Å². The highest BCUT2D eigenvalue weighted by atomic mass is 16.6. The second-order valence-corrected chi connectivity index (χ2v) is 5.03. The molecule has 8 heteroatoms. The Bertz CT molecular complexity index is 383. The van der Waals surface area contributed by atoms with Crippen molar-refractivity contribution in [3.8, 4) is 0 Å². The summed E-state index contributed by atoms with van der Waals surface area (Å²) in [6, 6.07) is 0. The molecule has 0 aromatic carbocycles. The van der Waals surface area contributed by atoms with Gasteiger partial charge in [0.25, 0.3) is 0 Å². The number of carbonyl (C=O) groups excluding carboxylic acids is 4. The van der Waals surface area contributed by atoms with E-state index in [0.29, 0.717) is 13.2 Å². The van der Waals surface area contributed by atoms with Crippen LogP contribution in [0.1, 0.15) is 26.7 Å². The summed E-state index contributed by atoms with van der Waals surface area (Å²) in [5, 5.41) is 0. The topological polar surface area (TPSA) is 112 Å². The average Bonchev–Trinajstić information content (AvgIpc) is 3.26. The van der Waals surface area contributed by atoms with E-state index >= 15 is 0 Å². The second-order valence-electron chi connectivity index (χ2n) is 5.03. The zero-order chi connectivity index (χ0) is 16.5. The second kappa shape index (κ2) is 9.26. The quantitative estimate of drug-likeness (QED) is 0.344. The number of esters is 2. The Hall–Kier alpha value is -1.80. The molecule has 2 aliphatic heterocycles. The van der Waals surface area contributed by atoms with Crippen molar-refractivity contribution in [2.24, 2.45) is 0 Å². The fourth-order valence-electron chi connectivity index (χ4n) is 1.21. The Kier molecular flexibility index (Phi) is 7.69. The van der Waals surface area contributed by atoms with E-state index in [9.17, 15) is 19.2 Å². The van der Waals surface area contributed by atoms with Gasteiger partial charge in [-0.1, -0.05) is 0 Å². The lowest BCUT2D eigenvalue weighted by molar-refractivity contribution is -0.147. The Morgan fingerprint density at radius 3 is 1.36 bits per heavy atom. The van der Waals surface area contributed by atoms with Crippen LogP contribution in [0.2, 0.25) is 0 Å². The Balaban J connectivity index is 0.000000220. The largest absolute Gasteiger partial charge is 0.462 e. The first-order valence-corrected chi connectivity index (χ1v) is 6.90. The van der Waals surface area contributed by atoms with E-state index in [4.69, 9.17) is 18.9 Å². The SMILES string of the molecule is CC(=O)CC(=O)OCC1CO1.CC(=O)CC(=O)OCC1CO1. The van der Waals surface area contributed by atoms with Gasteiger partial charge < -0.3 is 18.9 Å². The molecule has 0 saturated carbocycles. The molecule has 22 heavy (non-hydrogen) atoms. The van der Waals surface area contributed by atoms with Crippen LogP contribution in [0, 0.1) is 0 Å². The van der Waals surface area contributed by atoms with Gasteiger partial charge in [0.2, 0.25) is 0 Å². The van der Waals surface area contributed by atoms with Crippen molar-refractivity contribution < 1.29 is 38.1 Å². The fourth-order valence-corrected chi connectivity index (χ4v) is 1.21. The maximum absolute atomic E-state index is 10.7. The minimum Gasteiger partial charge on any atom is -0.462 e. The van der Waals surface area contributed by atoms with E-state index in [0.717, 1.165) is 0 Å². The maximum atomic E-state index is 10.7. The standard InChI is InChI=1S/2C7H10O4/c2*1-5(8)2-7(9)11-4-6-3-10-6/h2*6H,2-4H2,1H3. The summed E-state index contributed by atoms with van der Waals surface area (Å²) in [6.45, 7) is 4.60. The molecule has 2 rings (SSSR count). The number of hydrogen-bond donors (Lipinski definition) is 0. The number of carbonyl (C=O) groups is 4. The molecule has 0 amide bonds. The summed E-state index contributed by atoms with van der Waals surface area (Å²) in [5.74, 6) is -1.28. The zero-order valence-electron chi connectivity index (χ0n) is 12.7. The van der Waals surface area contributed by atoms with Crippen LogP contribution in [-0.4, -0.2) is 62.1 Å². The van der Waals surface area contributed by atoms with E-state index in [1.165, 1.54) is 13.8 Å². The summed E-state index contributed by atoms with van der Waals surface area (Å²) in [5.41, 5.74) is 0. The number of ketones is 2. The smallest absolute Gasteiger partial charge is 0.313 e. The Labute approximate surface area is 128 Å². The summed E-state index contributed by atoms with van der Waals surface area (Å²) < 4.78 is 19.0. The average molecular weight is 316 g/mol. The third kappa shape index (κ3) is 10.9. The number of rotatable bonds is 8. The minimum absolute atomic E-state index is 0.0749. The monoisotopic (exact) mass is 316 g/mol. The third-order valence-electron chi connectivity index (χ3n) is 2.45. The maximum Gasteiger partial charge on any atom is 0.313 e. The van der Waals surface area contributed by atoms with Gasteiger partial charge in [-0.05, 0) is 13.8 Å². The molecule has 0 aromatic heterocycles. The molecule has 124 valence electrons. The van der Waals surface area contributed by atoms with E-state index in [-0.39, 0.29) is 49.8 Å². The molecule has 0 bridgehead atoms. The van der Waals surface area contributed by atoms with Crippen LogP contribution in [0.25, 0.3) is 0 Å². The first-order chi connectivity index (χ1) is 10.4. The molecule has 0 aliphatic carbocycles. The van der Waals surface area contributed by atoms with Crippen LogP contribution in [0.5, 0.6) is 0 Å². The lowest BCUT2D eigenvalue weighted by Gasteiger charge is -1.98. The molecule has 2 saturated heterocycles. The van der Waals surface area contributed by atoms with Crippen molar-refractivity contribution in [3.05, 3.63) is 0 Å². The molecular formula is C14H20O8. The fraction of sp³-hybridized carbons (Fsp3) is 0.714. The van der Waals surface area contributed by atoms with Gasteiger partial charge in [-0.2, -0.15) is 0 Å². The van der Waals surface area contributed by atoms with Crippen LogP contribution in [0.15, 0.2) is 0 Å². The van der Waals surface area contributed by atoms with Gasteiger partial charge in [0.05, 0.1) is 13.2 Å². The van der Waals surface area contributed by atoms with E-state index in [2.05, 4.69) is 0 Å². The third-order valence-corrected chi connectivity index (χ3v) is 2.45. The number of Topliss-reactive ketones (excluding diaryl/α,β-unsaturated/α-hetero) is 2. The molecule has 0 N–H and O–H groups in total. The molecule has 2 fully saturated rings. The highest BCUT2D eigenvalue weighted by Crippen LogP contribution is 2.09. The lowest BCUT2D eigenvalue weighted by Crippen LogP contribution is -2.12.